The molecule has 5 rings (SSSR count). The first kappa shape index (κ1) is 23.7. The van der Waals surface area contributed by atoms with Crippen LogP contribution in [-0.4, -0.2) is 36.6 Å². The second-order valence-electron chi connectivity index (χ2n) is 9.06. The molecule has 0 radical (unpaired) electrons. The van der Waals surface area contributed by atoms with Gasteiger partial charge in [0.1, 0.15) is 6.07 Å². The first-order chi connectivity index (χ1) is 17.3. The molecule has 2 aliphatic heterocycles. The summed E-state index contributed by atoms with van der Waals surface area (Å²) in [6.45, 7) is 1.89. The molecule has 0 saturated carbocycles. The number of fused-ring (bicyclic) bond motifs is 3. The zero-order valence-electron chi connectivity index (χ0n) is 19.4. The van der Waals surface area contributed by atoms with Crippen molar-refractivity contribution in [3.05, 3.63) is 89.2 Å². The highest BCUT2D eigenvalue weighted by Crippen LogP contribution is 2.40. The molecule has 3 aromatic rings. The van der Waals surface area contributed by atoms with Gasteiger partial charge in [-0.1, -0.05) is 12.1 Å². The average Bonchev–Trinajstić information content (AvgIpc) is 2.90. The Morgan fingerprint density at radius 2 is 1.86 bits per heavy atom. The van der Waals surface area contributed by atoms with E-state index in [1.54, 1.807) is 30.6 Å². The number of hydrogen-bond donors (Lipinski definition) is 1. The maximum absolute atomic E-state index is 13.4. The minimum Gasteiger partial charge on any atom is -0.367 e. The van der Waals surface area contributed by atoms with Gasteiger partial charge in [-0.05, 0) is 60.0 Å². The summed E-state index contributed by atoms with van der Waals surface area (Å²) in [4.78, 5) is 21.6. The first-order valence-corrected chi connectivity index (χ1v) is 11.7. The van der Waals surface area contributed by atoms with Gasteiger partial charge in [-0.2, -0.15) is 18.4 Å². The van der Waals surface area contributed by atoms with Crippen molar-refractivity contribution in [2.24, 2.45) is 5.92 Å². The maximum Gasteiger partial charge on any atom is 0.416 e. The molecular formula is C27H24F3N5O. The van der Waals surface area contributed by atoms with Crippen LogP contribution < -0.4 is 15.1 Å². The number of pyridine rings is 1. The number of amides is 1. The molecule has 184 valence electrons. The number of nitrogens with zero attached hydrogens (tertiary/aromatic N) is 4. The highest BCUT2D eigenvalue weighted by molar-refractivity contribution is 5.82. The number of halogens is 3. The molecule has 3 heterocycles. The Morgan fingerprint density at radius 1 is 1.08 bits per heavy atom. The molecule has 1 amide bonds. The van der Waals surface area contributed by atoms with Crippen LogP contribution in [0.1, 0.15) is 22.3 Å². The molecule has 1 fully saturated rings. The van der Waals surface area contributed by atoms with E-state index in [4.69, 9.17) is 0 Å². The van der Waals surface area contributed by atoms with Crippen molar-refractivity contribution in [1.29, 1.82) is 5.26 Å². The SMILES string of the molecule is N#Cc1ccccc1N1CCN2c3ccc(C(F)(F)F)cc3C[C@H](C(=O)NCc3ccncc3)[C@H]2C1. The molecule has 6 nitrogen and oxygen atoms in total. The number of nitriles is 1. The monoisotopic (exact) mass is 491 g/mol. The summed E-state index contributed by atoms with van der Waals surface area (Å²) in [6, 6.07) is 16.7. The Labute approximate surface area is 207 Å². The van der Waals surface area contributed by atoms with Crippen LogP contribution in [0.25, 0.3) is 0 Å². The number of benzene rings is 2. The highest BCUT2D eigenvalue weighted by Gasteiger charge is 2.43. The fraction of sp³-hybridized carbons (Fsp3) is 0.296. The number of para-hydroxylation sites is 1. The Hall–Kier alpha value is -4.06. The molecular weight excluding hydrogens is 467 g/mol. The van der Waals surface area contributed by atoms with Gasteiger partial charge in [0.15, 0.2) is 0 Å². The average molecular weight is 492 g/mol. The Bertz CT molecular complexity index is 1300. The normalized spacial score (nSPS) is 19.2. The predicted molar refractivity (Wildman–Crippen MR) is 129 cm³/mol. The summed E-state index contributed by atoms with van der Waals surface area (Å²) in [5.74, 6) is -0.764. The largest absolute Gasteiger partial charge is 0.416 e. The van der Waals surface area contributed by atoms with Gasteiger partial charge < -0.3 is 15.1 Å². The van der Waals surface area contributed by atoms with E-state index in [1.165, 1.54) is 12.1 Å². The number of rotatable bonds is 4. The van der Waals surface area contributed by atoms with E-state index >= 15 is 0 Å². The van der Waals surface area contributed by atoms with Crippen LogP contribution in [0.2, 0.25) is 0 Å². The van der Waals surface area contributed by atoms with Crippen molar-refractivity contribution in [3.8, 4) is 6.07 Å². The lowest BCUT2D eigenvalue weighted by molar-refractivity contribution is -0.137. The van der Waals surface area contributed by atoms with Crippen LogP contribution in [0.4, 0.5) is 24.5 Å². The third-order valence-electron chi connectivity index (χ3n) is 6.96. The van der Waals surface area contributed by atoms with Crippen molar-refractivity contribution in [1.82, 2.24) is 10.3 Å². The zero-order valence-corrected chi connectivity index (χ0v) is 19.4. The predicted octanol–water partition coefficient (Wildman–Crippen LogP) is 4.16. The van der Waals surface area contributed by atoms with E-state index < -0.39 is 17.7 Å². The molecule has 1 saturated heterocycles. The number of carbonyl (C=O) groups is 1. The van der Waals surface area contributed by atoms with Crippen LogP contribution in [0, 0.1) is 17.2 Å². The number of alkyl halides is 3. The molecule has 36 heavy (non-hydrogen) atoms. The van der Waals surface area contributed by atoms with E-state index in [1.807, 2.05) is 18.2 Å². The smallest absolute Gasteiger partial charge is 0.367 e. The van der Waals surface area contributed by atoms with Gasteiger partial charge in [-0.3, -0.25) is 9.78 Å². The van der Waals surface area contributed by atoms with Gasteiger partial charge >= 0.3 is 6.18 Å². The topological polar surface area (TPSA) is 72.3 Å². The van der Waals surface area contributed by atoms with Gasteiger partial charge in [0.2, 0.25) is 5.91 Å². The Morgan fingerprint density at radius 3 is 2.61 bits per heavy atom. The summed E-state index contributed by atoms with van der Waals surface area (Å²) in [6.07, 6.45) is -0.962. The lowest BCUT2D eigenvalue weighted by Gasteiger charge is -2.49. The summed E-state index contributed by atoms with van der Waals surface area (Å²) >= 11 is 0. The lowest BCUT2D eigenvalue weighted by Crippen LogP contribution is -2.61. The van der Waals surface area contributed by atoms with Gasteiger partial charge in [0.25, 0.3) is 0 Å². The van der Waals surface area contributed by atoms with Crippen LogP contribution in [0.15, 0.2) is 67.0 Å². The zero-order chi connectivity index (χ0) is 25.3. The first-order valence-electron chi connectivity index (χ1n) is 11.7. The maximum atomic E-state index is 13.4. The summed E-state index contributed by atoms with van der Waals surface area (Å²) in [5.41, 5.74) is 2.79. The quantitative estimate of drug-likeness (QED) is 0.594. The number of aromatic nitrogens is 1. The van der Waals surface area contributed by atoms with Crippen LogP contribution in [0.5, 0.6) is 0 Å². The molecule has 1 aromatic heterocycles. The molecule has 1 N–H and O–H groups in total. The van der Waals surface area contributed by atoms with E-state index in [-0.39, 0.29) is 18.4 Å². The summed E-state index contributed by atoms with van der Waals surface area (Å²) < 4.78 is 40.3. The molecule has 0 spiro atoms. The number of hydrogen-bond acceptors (Lipinski definition) is 5. The molecule has 2 aliphatic rings. The molecule has 0 aliphatic carbocycles. The second kappa shape index (κ2) is 9.53. The van der Waals surface area contributed by atoms with Gasteiger partial charge in [0.05, 0.1) is 28.8 Å². The van der Waals surface area contributed by atoms with Crippen LogP contribution >= 0.6 is 0 Å². The minimum absolute atomic E-state index is 0.205. The van der Waals surface area contributed by atoms with Gasteiger partial charge in [-0.25, -0.2) is 0 Å². The minimum atomic E-state index is -4.45. The Balaban J connectivity index is 1.46. The fourth-order valence-corrected chi connectivity index (χ4v) is 5.18. The number of carbonyl (C=O) groups excluding carboxylic acids is 1. The highest BCUT2D eigenvalue weighted by atomic mass is 19.4. The number of anilines is 2. The second-order valence-corrected chi connectivity index (χ2v) is 9.06. The van der Waals surface area contributed by atoms with Crippen LogP contribution in [0.3, 0.4) is 0 Å². The number of nitrogens with one attached hydrogen (secondary N) is 1. The molecule has 0 bridgehead atoms. The van der Waals surface area contributed by atoms with Crippen molar-refractivity contribution in [2.75, 3.05) is 29.4 Å². The van der Waals surface area contributed by atoms with E-state index in [0.717, 1.165) is 23.0 Å². The fourth-order valence-electron chi connectivity index (χ4n) is 5.18. The molecule has 0 unspecified atom stereocenters. The van der Waals surface area contributed by atoms with Crippen LogP contribution in [-0.2, 0) is 23.9 Å². The van der Waals surface area contributed by atoms with Crippen molar-refractivity contribution in [2.45, 2.75) is 25.2 Å². The molecule has 9 heteroatoms. The summed E-state index contributed by atoms with van der Waals surface area (Å²) in [7, 11) is 0. The van der Waals surface area contributed by atoms with E-state index in [2.05, 4.69) is 26.2 Å². The van der Waals surface area contributed by atoms with Crippen molar-refractivity contribution in [3.63, 3.8) is 0 Å². The van der Waals surface area contributed by atoms with Gasteiger partial charge in [-0.15, -0.1) is 0 Å². The van der Waals surface area contributed by atoms with E-state index in [0.29, 0.717) is 37.3 Å². The van der Waals surface area contributed by atoms with E-state index in [9.17, 15) is 23.2 Å². The standard InChI is InChI=1S/C27H24F3N5O/c28-27(29,30)21-5-6-24-20(13-21)14-22(26(36)33-16-18-7-9-32-10-8-18)25-17-34(11-12-35(24)25)23-4-2-1-3-19(23)15-31/h1-10,13,22,25H,11-12,14,16-17H2,(H,33,36)/t22-,25+/m0/s1. The van der Waals surface area contributed by atoms with Crippen molar-refractivity contribution < 1.29 is 18.0 Å². The molecule has 2 aromatic carbocycles. The van der Waals surface area contributed by atoms with Gasteiger partial charge in [0, 0.05) is 44.3 Å². The Kier molecular flexibility index (Phi) is 6.27. The third kappa shape index (κ3) is 4.59. The number of piperazine rings is 1. The molecule has 2 atom stereocenters. The lowest BCUT2D eigenvalue weighted by atomic mass is 9.82. The summed E-state index contributed by atoms with van der Waals surface area (Å²) in [5, 5.41) is 12.5. The third-order valence-corrected chi connectivity index (χ3v) is 6.96. The van der Waals surface area contributed by atoms with Crippen molar-refractivity contribution >= 4 is 17.3 Å².